The lowest BCUT2D eigenvalue weighted by atomic mass is 9.85. The topological polar surface area (TPSA) is 31.2 Å². The third kappa shape index (κ3) is 4.64. The highest BCUT2D eigenvalue weighted by atomic mass is 16.3. The number of nitrogens with zero attached hydrogens (tertiary/aromatic N) is 1. The van der Waals surface area contributed by atoms with Gasteiger partial charge in [0.15, 0.2) is 0 Å². The van der Waals surface area contributed by atoms with Crippen LogP contribution >= 0.6 is 0 Å². The largest absolute Gasteiger partial charge is 0.463 e. The summed E-state index contributed by atoms with van der Waals surface area (Å²) in [7, 11) is 0. The van der Waals surface area contributed by atoms with Crippen molar-refractivity contribution in [1.29, 1.82) is 0 Å². The van der Waals surface area contributed by atoms with Crippen molar-refractivity contribution in [3.05, 3.63) is 200 Å². The lowest BCUT2D eigenvalue weighted by Gasteiger charge is -2.18. The highest BCUT2D eigenvalue weighted by molar-refractivity contribution is 6.27. The van der Waals surface area contributed by atoms with Crippen LogP contribution in [-0.2, 0) is 0 Å². The van der Waals surface area contributed by atoms with Gasteiger partial charge in [-0.2, -0.15) is 0 Å². The fourth-order valence-corrected chi connectivity index (χ4v) is 9.86. The zero-order valence-electron chi connectivity index (χ0n) is 31.8. The third-order valence-corrected chi connectivity index (χ3v) is 12.4. The van der Waals surface area contributed by atoms with Gasteiger partial charge in [0.2, 0.25) is 0 Å². The van der Waals surface area contributed by atoms with E-state index in [9.17, 15) is 0 Å². The second-order valence-corrected chi connectivity index (χ2v) is 15.6. The van der Waals surface area contributed by atoms with E-state index < -0.39 is 0 Å². The summed E-state index contributed by atoms with van der Waals surface area (Å²) in [5.74, 6) is 0. The van der Waals surface area contributed by atoms with E-state index in [-0.39, 0.29) is 0 Å². The van der Waals surface area contributed by atoms with Crippen molar-refractivity contribution in [2.75, 3.05) is 0 Å². The first-order chi connectivity index (χ1) is 29.3. The molecule has 0 aliphatic carbocycles. The fourth-order valence-electron chi connectivity index (χ4n) is 9.86. The Morgan fingerprint density at radius 3 is 1.80 bits per heavy atom. The van der Waals surface area contributed by atoms with Crippen molar-refractivity contribution >= 4 is 87.0 Å². The number of hydrogen-bond acceptors (Lipinski definition) is 2. The molecule has 10 aromatic carbocycles. The molecule has 13 rings (SSSR count). The molecule has 3 heterocycles. The number of para-hydroxylation sites is 3. The van der Waals surface area contributed by atoms with E-state index >= 15 is 0 Å². The summed E-state index contributed by atoms with van der Waals surface area (Å²) in [6.45, 7) is 0. The predicted octanol–water partition coefficient (Wildman–Crippen LogP) is 15.9. The van der Waals surface area contributed by atoms with Gasteiger partial charge in [-0.25, -0.2) is 0 Å². The second-order valence-electron chi connectivity index (χ2n) is 15.6. The molecular formula is C56H33NO2. The van der Waals surface area contributed by atoms with Crippen LogP contribution in [0, 0.1) is 0 Å². The van der Waals surface area contributed by atoms with E-state index in [2.05, 4.69) is 199 Å². The standard InChI is InChI=1S/C56H33NO2/c1-2-15-38(16-3-1)57-49-24-11-10-17-39(49)47-32-37(27-29-50(47)57)52-40-18-6-8-20-42(40)53(43-21-9-7-19-41(43)52)45-22-12-23-46-54-51(59-55(45)46)30-28-44-48(33-58-56(44)54)36-26-25-34-13-4-5-14-35(34)31-36/h1-33H. The first-order valence-electron chi connectivity index (χ1n) is 20.2. The van der Waals surface area contributed by atoms with Crippen LogP contribution in [0.15, 0.2) is 209 Å². The van der Waals surface area contributed by atoms with Crippen molar-refractivity contribution in [2.45, 2.75) is 0 Å². The van der Waals surface area contributed by atoms with Gasteiger partial charge >= 0.3 is 0 Å². The number of furan rings is 2. The molecule has 0 fully saturated rings. The molecule has 3 nitrogen and oxygen atoms in total. The number of fused-ring (bicyclic) bond motifs is 11. The molecule has 3 aromatic heterocycles. The molecule has 13 aromatic rings. The molecule has 0 bridgehead atoms. The highest BCUT2D eigenvalue weighted by Gasteiger charge is 2.23. The van der Waals surface area contributed by atoms with Crippen LogP contribution in [-0.4, -0.2) is 4.57 Å². The summed E-state index contributed by atoms with van der Waals surface area (Å²) in [6, 6.07) is 70.0. The van der Waals surface area contributed by atoms with Gasteiger partial charge in [-0.1, -0.05) is 146 Å². The summed E-state index contributed by atoms with van der Waals surface area (Å²) in [5.41, 5.74) is 12.9. The van der Waals surface area contributed by atoms with Crippen molar-refractivity contribution in [1.82, 2.24) is 4.57 Å². The zero-order chi connectivity index (χ0) is 38.6. The van der Waals surface area contributed by atoms with Crippen LogP contribution in [0.5, 0.6) is 0 Å². The molecule has 0 spiro atoms. The van der Waals surface area contributed by atoms with E-state index in [0.29, 0.717) is 0 Å². The Morgan fingerprint density at radius 2 is 1.00 bits per heavy atom. The third-order valence-electron chi connectivity index (χ3n) is 12.4. The first kappa shape index (κ1) is 32.2. The van der Waals surface area contributed by atoms with Crippen LogP contribution in [0.4, 0.5) is 0 Å². The minimum atomic E-state index is 0.813. The van der Waals surface area contributed by atoms with Crippen LogP contribution in [0.1, 0.15) is 0 Å². The molecule has 0 atom stereocenters. The Labute approximate surface area is 338 Å². The maximum atomic E-state index is 6.90. The van der Waals surface area contributed by atoms with Crippen LogP contribution in [0.2, 0.25) is 0 Å². The minimum Gasteiger partial charge on any atom is -0.463 e. The molecule has 0 unspecified atom stereocenters. The van der Waals surface area contributed by atoms with Gasteiger partial charge in [0.1, 0.15) is 16.7 Å². The summed E-state index contributed by atoms with van der Waals surface area (Å²) in [6.07, 6.45) is 1.90. The van der Waals surface area contributed by atoms with E-state index in [1.165, 1.54) is 70.8 Å². The first-order valence-corrected chi connectivity index (χ1v) is 20.2. The van der Waals surface area contributed by atoms with E-state index in [4.69, 9.17) is 8.83 Å². The Balaban J connectivity index is 1.04. The molecule has 274 valence electrons. The monoisotopic (exact) mass is 751 g/mol. The Morgan fingerprint density at radius 1 is 0.356 bits per heavy atom. The smallest absolute Gasteiger partial charge is 0.146 e. The van der Waals surface area contributed by atoms with Gasteiger partial charge < -0.3 is 13.4 Å². The molecule has 0 radical (unpaired) electrons. The lowest BCUT2D eigenvalue weighted by molar-refractivity contribution is 0.619. The van der Waals surface area contributed by atoms with Gasteiger partial charge in [0.25, 0.3) is 0 Å². The van der Waals surface area contributed by atoms with Gasteiger partial charge in [-0.05, 0) is 97.5 Å². The molecule has 0 N–H and O–H groups in total. The van der Waals surface area contributed by atoms with Crippen LogP contribution < -0.4 is 0 Å². The maximum Gasteiger partial charge on any atom is 0.146 e. The highest BCUT2D eigenvalue weighted by Crippen LogP contribution is 2.48. The normalized spacial score (nSPS) is 12.1. The molecule has 0 aliphatic rings. The van der Waals surface area contributed by atoms with Gasteiger partial charge in [0, 0.05) is 43.9 Å². The number of aromatic nitrogens is 1. The van der Waals surface area contributed by atoms with E-state index in [1.54, 1.807) is 0 Å². The second kappa shape index (κ2) is 12.3. The summed E-state index contributed by atoms with van der Waals surface area (Å²) in [4.78, 5) is 0. The zero-order valence-corrected chi connectivity index (χ0v) is 31.8. The lowest BCUT2D eigenvalue weighted by Crippen LogP contribution is -1.93. The average molecular weight is 752 g/mol. The molecule has 0 amide bonds. The molecule has 59 heavy (non-hydrogen) atoms. The van der Waals surface area contributed by atoms with Crippen LogP contribution in [0.25, 0.3) is 126 Å². The summed E-state index contributed by atoms with van der Waals surface area (Å²) in [5, 5.41) is 12.8. The van der Waals surface area contributed by atoms with Crippen LogP contribution in [0.3, 0.4) is 0 Å². The molecule has 0 saturated carbocycles. The van der Waals surface area contributed by atoms with Crippen molar-refractivity contribution < 1.29 is 8.83 Å². The SMILES string of the molecule is c1ccc(-n2c3ccccc3c3cc(-c4c5ccccc5c(-c5cccc6c5oc5ccc7c(-c8ccc9ccccc9c8)coc7c56)c5ccccc45)ccc32)cc1. The summed E-state index contributed by atoms with van der Waals surface area (Å²) < 4.78 is 15.7. The number of benzene rings is 10. The minimum absolute atomic E-state index is 0.813. The fraction of sp³-hybridized carbons (Fsp3) is 0. The van der Waals surface area contributed by atoms with E-state index in [0.717, 1.165) is 55.3 Å². The van der Waals surface area contributed by atoms with Gasteiger partial charge in [-0.15, -0.1) is 0 Å². The molecule has 0 aliphatic heterocycles. The Bertz CT molecular complexity index is 3790. The molecule has 3 heteroatoms. The Hall–Kier alpha value is -7.88. The van der Waals surface area contributed by atoms with Gasteiger partial charge in [-0.3, -0.25) is 0 Å². The molecule has 0 saturated heterocycles. The van der Waals surface area contributed by atoms with Gasteiger partial charge in [0.05, 0.1) is 22.7 Å². The number of rotatable bonds is 4. The number of hydrogen-bond donors (Lipinski definition) is 0. The van der Waals surface area contributed by atoms with Crippen molar-refractivity contribution in [2.24, 2.45) is 0 Å². The molecular weight excluding hydrogens is 719 g/mol. The Kier molecular flexibility index (Phi) is 6.72. The maximum absolute atomic E-state index is 6.90. The predicted molar refractivity (Wildman–Crippen MR) is 247 cm³/mol. The van der Waals surface area contributed by atoms with E-state index in [1.807, 2.05) is 6.26 Å². The average Bonchev–Trinajstić information content (AvgIpc) is 4.00. The van der Waals surface area contributed by atoms with Crippen molar-refractivity contribution in [3.8, 4) is 39.1 Å². The summed E-state index contributed by atoms with van der Waals surface area (Å²) >= 11 is 0. The quantitative estimate of drug-likeness (QED) is 0.168. The van der Waals surface area contributed by atoms with Crippen molar-refractivity contribution in [3.63, 3.8) is 0 Å².